The molecule has 1 amide bonds. The number of nitrogens with one attached hydrogen (secondary N) is 1. The largest absolute Gasteiger partial charge is 0.322 e. The number of carbonyl (C=O) groups is 2. The molecule has 2 aliphatic rings. The van der Waals surface area contributed by atoms with E-state index in [0.29, 0.717) is 34.2 Å². The minimum absolute atomic E-state index is 0.0471. The predicted octanol–water partition coefficient (Wildman–Crippen LogP) is 4.14. The Labute approximate surface area is 177 Å². The number of amides is 1. The van der Waals surface area contributed by atoms with Crippen LogP contribution in [-0.4, -0.2) is 31.9 Å². The van der Waals surface area contributed by atoms with E-state index in [1.807, 2.05) is 59.3 Å². The van der Waals surface area contributed by atoms with Gasteiger partial charge >= 0.3 is 0 Å². The fourth-order valence-corrected chi connectivity index (χ4v) is 4.06. The van der Waals surface area contributed by atoms with Gasteiger partial charge in [0.05, 0.1) is 6.04 Å². The first-order valence-corrected chi connectivity index (χ1v) is 10.2. The molecule has 0 saturated heterocycles. The number of hydrogen-bond acceptors (Lipinski definition) is 5. The maximum atomic E-state index is 12.9. The SMILES string of the molecule is O=C(Nc1cccc(-c2nnnn2C2CC2)c1)c1ccc2c(c1)C(=O)c1ccccc1-2. The lowest BCUT2D eigenvalue weighted by molar-refractivity contribution is 0.102. The Balaban J connectivity index is 1.28. The van der Waals surface area contributed by atoms with Crippen molar-refractivity contribution >= 4 is 17.4 Å². The lowest BCUT2D eigenvalue weighted by Crippen LogP contribution is -2.12. The van der Waals surface area contributed by atoms with Gasteiger partial charge in [0.25, 0.3) is 5.91 Å². The molecule has 2 aliphatic carbocycles. The number of nitrogens with zero attached hydrogens (tertiary/aromatic N) is 4. The Morgan fingerprint density at radius 3 is 2.55 bits per heavy atom. The zero-order valence-corrected chi connectivity index (χ0v) is 16.4. The average molecular weight is 407 g/mol. The fourth-order valence-electron chi connectivity index (χ4n) is 4.06. The molecule has 6 rings (SSSR count). The van der Waals surface area contributed by atoms with Gasteiger partial charge in [-0.2, -0.15) is 0 Å². The maximum Gasteiger partial charge on any atom is 0.255 e. The first kappa shape index (κ1) is 17.7. The molecule has 31 heavy (non-hydrogen) atoms. The summed E-state index contributed by atoms with van der Waals surface area (Å²) in [5.41, 5.74) is 4.94. The molecular formula is C24H17N5O2. The molecule has 0 bridgehead atoms. The van der Waals surface area contributed by atoms with Crippen LogP contribution < -0.4 is 5.32 Å². The summed E-state index contributed by atoms with van der Waals surface area (Å²) in [5, 5.41) is 15.0. The highest BCUT2D eigenvalue weighted by atomic mass is 16.1. The number of anilines is 1. The summed E-state index contributed by atoms with van der Waals surface area (Å²) in [4.78, 5) is 25.6. The van der Waals surface area contributed by atoms with Crippen molar-refractivity contribution < 1.29 is 9.59 Å². The number of ketones is 1. The number of aromatic nitrogens is 4. The highest BCUT2D eigenvalue weighted by Crippen LogP contribution is 2.38. The molecule has 0 unspecified atom stereocenters. The Kier molecular flexibility index (Phi) is 3.83. The summed E-state index contributed by atoms with van der Waals surface area (Å²) in [5.74, 6) is 0.374. The molecule has 3 aromatic carbocycles. The molecule has 7 nitrogen and oxygen atoms in total. The third kappa shape index (κ3) is 2.93. The highest BCUT2D eigenvalue weighted by molar-refractivity contribution is 6.22. The molecule has 1 saturated carbocycles. The molecule has 1 fully saturated rings. The van der Waals surface area contributed by atoms with Gasteiger partial charge in [0.1, 0.15) is 0 Å². The quantitative estimate of drug-likeness (QED) is 0.484. The van der Waals surface area contributed by atoms with Crippen LogP contribution in [0.4, 0.5) is 5.69 Å². The van der Waals surface area contributed by atoms with Gasteiger partial charge in [-0.25, -0.2) is 4.68 Å². The Bertz CT molecular complexity index is 1370. The fraction of sp³-hybridized carbons (Fsp3) is 0.125. The van der Waals surface area contributed by atoms with Crippen LogP contribution in [0.2, 0.25) is 0 Å². The molecule has 4 aromatic rings. The van der Waals surface area contributed by atoms with Crippen molar-refractivity contribution in [3.05, 3.63) is 83.4 Å². The van der Waals surface area contributed by atoms with E-state index in [4.69, 9.17) is 0 Å². The lowest BCUT2D eigenvalue weighted by Gasteiger charge is -2.09. The molecular weight excluding hydrogens is 390 g/mol. The second-order valence-corrected chi connectivity index (χ2v) is 7.85. The molecule has 1 heterocycles. The van der Waals surface area contributed by atoms with E-state index < -0.39 is 0 Å². The Hall–Kier alpha value is -4.13. The van der Waals surface area contributed by atoms with Crippen molar-refractivity contribution in [3.63, 3.8) is 0 Å². The van der Waals surface area contributed by atoms with Crippen molar-refractivity contribution in [2.75, 3.05) is 5.32 Å². The summed E-state index contributed by atoms with van der Waals surface area (Å²) >= 11 is 0. The average Bonchev–Trinajstić information content (AvgIpc) is 3.46. The van der Waals surface area contributed by atoms with Gasteiger partial charge in [0, 0.05) is 27.9 Å². The van der Waals surface area contributed by atoms with Gasteiger partial charge < -0.3 is 5.32 Å². The first-order chi connectivity index (χ1) is 15.2. The van der Waals surface area contributed by atoms with Crippen LogP contribution in [0, 0.1) is 0 Å². The second kappa shape index (κ2) is 6.70. The van der Waals surface area contributed by atoms with Crippen LogP contribution >= 0.6 is 0 Å². The van der Waals surface area contributed by atoms with Crippen LogP contribution in [0.15, 0.2) is 66.7 Å². The minimum Gasteiger partial charge on any atom is -0.322 e. The van der Waals surface area contributed by atoms with E-state index in [2.05, 4.69) is 20.8 Å². The summed E-state index contributed by atoms with van der Waals surface area (Å²) < 4.78 is 1.84. The minimum atomic E-state index is -0.273. The number of carbonyl (C=O) groups excluding carboxylic acids is 2. The van der Waals surface area contributed by atoms with Crippen LogP contribution in [0.25, 0.3) is 22.5 Å². The normalized spacial score (nSPS) is 14.3. The van der Waals surface area contributed by atoms with E-state index in [-0.39, 0.29) is 11.7 Å². The van der Waals surface area contributed by atoms with Crippen LogP contribution in [0.1, 0.15) is 45.2 Å². The van der Waals surface area contributed by atoms with Crippen molar-refractivity contribution in [1.82, 2.24) is 20.2 Å². The summed E-state index contributed by atoms with van der Waals surface area (Å²) in [6, 6.07) is 20.6. The smallest absolute Gasteiger partial charge is 0.255 e. The molecule has 0 radical (unpaired) electrons. The van der Waals surface area contributed by atoms with E-state index >= 15 is 0 Å². The van der Waals surface area contributed by atoms with E-state index in [1.54, 1.807) is 12.1 Å². The molecule has 0 atom stereocenters. The second-order valence-electron chi connectivity index (χ2n) is 7.85. The van der Waals surface area contributed by atoms with Crippen molar-refractivity contribution in [3.8, 4) is 22.5 Å². The molecule has 1 N–H and O–H groups in total. The lowest BCUT2D eigenvalue weighted by atomic mass is 10.0. The molecule has 0 spiro atoms. The predicted molar refractivity (Wildman–Crippen MR) is 115 cm³/mol. The number of tetrazole rings is 1. The molecule has 7 heteroatoms. The zero-order chi connectivity index (χ0) is 20.9. The highest BCUT2D eigenvalue weighted by Gasteiger charge is 2.29. The first-order valence-electron chi connectivity index (χ1n) is 10.2. The third-order valence-electron chi connectivity index (χ3n) is 5.75. The van der Waals surface area contributed by atoms with Gasteiger partial charge in [-0.1, -0.05) is 42.5 Å². The number of rotatable bonds is 4. The van der Waals surface area contributed by atoms with Crippen molar-refractivity contribution in [1.29, 1.82) is 0 Å². The Morgan fingerprint density at radius 2 is 1.71 bits per heavy atom. The van der Waals surface area contributed by atoms with Crippen molar-refractivity contribution in [2.24, 2.45) is 0 Å². The van der Waals surface area contributed by atoms with Crippen LogP contribution in [0.3, 0.4) is 0 Å². The number of fused-ring (bicyclic) bond motifs is 3. The maximum absolute atomic E-state index is 12.9. The summed E-state index contributed by atoms with van der Waals surface area (Å²) in [6.07, 6.45) is 2.16. The van der Waals surface area contributed by atoms with Gasteiger partial charge in [-0.15, -0.1) is 5.10 Å². The zero-order valence-electron chi connectivity index (χ0n) is 16.4. The number of benzene rings is 3. The summed E-state index contributed by atoms with van der Waals surface area (Å²) in [6.45, 7) is 0. The topological polar surface area (TPSA) is 89.8 Å². The molecule has 1 aromatic heterocycles. The van der Waals surface area contributed by atoms with Crippen molar-refractivity contribution in [2.45, 2.75) is 18.9 Å². The monoisotopic (exact) mass is 407 g/mol. The molecule has 0 aliphatic heterocycles. The standard InChI is InChI=1S/C24H17N5O2/c30-22-20-7-2-1-6-18(20)19-11-8-15(13-21(19)22)24(31)25-16-5-3-4-14(12-16)23-26-27-28-29(23)17-9-10-17/h1-8,11-13,17H,9-10H2,(H,25,31). The third-order valence-corrected chi connectivity index (χ3v) is 5.75. The van der Waals surface area contributed by atoms with E-state index in [0.717, 1.165) is 29.5 Å². The van der Waals surface area contributed by atoms with E-state index in [1.165, 1.54) is 0 Å². The summed E-state index contributed by atoms with van der Waals surface area (Å²) in [7, 11) is 0. The molecule has 150 valence electrons. The van der Waals surface area contributed by atoms with Gasteiger partial charge in [-0.05, 0) is 58.7 Å². The van der Waals surface area contributed by atoms with Gasteiger partial charge in [0.2, 0.25) is 0 Å². The van der Waals surface area contributed by atoms with Crippen LogP contribution in [0.5, 0.6) is 0 Å². The van der Waals surface area contributed by atoms with Crippen LogP contribution in [-0.2, 0) is 0 Å². The van der Waals surface area contributed by atoms with Gasteiger partial charge in [-0.3, -0.25) is 9.59 Å². The number of hydrogen-bond donors (Lipinski definition) is 1. The van der Waals surface area contributed by atoms with E-state index in [9.17, 15) is 9.59 Å². The van der Waals surface area contributed by atoms with Gasteiger partial charge in [0.15, 0.2) is 11.6 Å². The Morgan fingerprint density at radius 1 is 0.903 bits per heavy atom.